The Morgan fingerprint density at radius 2 is 2.00 bits per heavy atom. The Morgan fingerprint density at radius 1 is 1.06 bits per heavy atom. The molecule has 0 saturated heterocycles. The number of anilines is 1. The van der Waals surface area contributed by atoms with Gasteiger partial charge in [-0.2, -0.15) is 9.61 Å². The van der Waals surface area contributed by atoms with Crippen molar-refractivity contribution in [3.05, 3.63) is 31.1 Å². The summed E-state index contributed by atoms with van der Waals surface area (Å²) in [4.78, 5) is 16.1. The molecule has 3 rings (SSSR count). The maximum atomic E-state index is 5.66. The fourth-order valence-corrected chi connectivity index (χ4v) is 1.45. The zero-order chi connectivity index (χ0) is 11.0. The number of nitrogens with two attached hydrogens (primary N) is 1. The van der Waals surface area contributed by atoms with Gasteiger partial charge in [-0.05, 0) is 0 Å². The molecule has 0 radical (unpaired) electrons. The third-order valence-electron chi connectivity index (χ3n) is 2.17. The summed E-state index contributed by atoms with van der Waals surface area (Å²) in [5.41, 5.74) is 7.76. The van der Waals surface area contributed by atoms with E-state index in [1.54, 1.807) is 24.8 Å². The molecule has 0 aliphatic rings. The minimum Gasteiger partial charge on any atom is -0.368 e. The monoisotopic (exact) mass is 213 g/mol. The largest absolute Gasteiger partial charge is 0.368 e. The number of rotatable bonds is 1. The van der Waals surface area contributed by atoms with Crippen LogP contribution in [0, 0.1) is 0 Å². The molecule has 0 spiro atoms. The highest BCUT2D eigenvalue weighted by atomic mass is 15.3. The van der Waals surface area contributed by atoms with E-state index < -0.39 is 0 Å². The van der Waals surface area contributed by atoms with Crippen LogP contribution in [0.1, 0.15) is 0 Å². The molecule has 3 aromatic rings. The number of hydrogen-bond acceptors (Lipinski definition) is 6. The average molecular weight is 213 g/mol. The van der Waals surface area contributed by atoms with E-state index in [4.69, 9.17) is 5.73 Å². The van der Waals surface area contributed by atoms with E-state index in [0.717, 1.165) is 5.56 Å². The lowest BCUT2D eigenvalue weighted by atomic mass is 10.2. The number of nitrogens with zero attached hydrogens (tertiary/aromatic N) is 6. The minimum atomic E-state index is 0.292. The van der Waals surface area contributed by atoms with E-state index in [1.165, 1.54) is 10.8 Å². The van der Waals surface area contributed by atoms with Gasteiger partial charge in [0.1, 0.15) is 6.33 Å². The molecule has 2 N–H and O–H groups in total. The summed E-state index contributed by atoms with van der Waals surface area (Å²) in [5.74, 6) is 0.292. The maximum Gasteiger partial charge on any atom is 0.224 e. The molecule has 7 heteroatoms. The summed E-state index contributed by atoms with van der Waals surface area (Å²) in [5, 5.41) is 4.09. The standard InChI is InChI=1S/C9H7N7/c10-9-14-5-13-8-6(3-15-16(8)9)7-4-11-1-2-12-7/h1-5H,(H2,10,13,14). The first kappa shape index (κ1) is 8.72. The van der Waals surface area contributed by atoms with Crippen LogP contribution < -0.4 is 5.73 Å². The van der Waals surface area contributed by atoms with Gasteiger partial charge in [0.25, 0.3) is 0 Å². The molecule has 0 unspecified atom stereocenters. The van der Waals surface area contributed by atoms with E-state index >= 15 is 0 Å². The molecule has 3 aromatic heterocycles. The van der Waals surface area contributed by atoms with Crippen molar-refractivity contribution in [1.29, 1.82) is 0 Å². The van der Waals surface area contributed by atoms with Crippen LogP contribution >= 0.6 is 0 Å². The third kappa shape index (κ3) is 1.18. The summed E-state index contributed by atoms with van der Waals surface area (Å²) >= 11 is 0. The van der Waals surface area contributed by atoms with Crippen molar-refractivity contribution in [2.45, 2.75) is 0 Å². The quantitative estimate of drug-likeness (QED) is 0.618. The van der Waals surface area contributed by atoms with Gasteiger partial charge >= 0.3 is 0 Å². The lowest BCUT2D eigenvalue weighted by Crippen LogP contribution is -2.02. The zero-order valence-corrected chi connectivity index (χ0v) is 8.15. The van der Waals surface area contributed by atoms with Crippen LogP contribution in [0.5, 0.6) is 0 Å². The van der Waals surface area contributed by atoms with E-state index in [2.05, 4.69) is 25.0 Å². The summed E-state index contributed by atoms with van der Waals surface area (Å²) in [6, 6.07) is 0. The van der Waals surface area contributed by atoms with Crippen molar-refractivity contribution >= 4 is 11.6 Å². The molecule has 0 atom stereocenters. The molecule has 78 valence electrons. The van der Waals surface area contributed by atoms with Gasteiger partial charge < -0.3 is 5.73 Å². The lowest BCUT2D eigenvalue weighted by Gasteiger charge is -1.97. The SMILES string of the molecule is Nc1ncnc2c(-c3cnccn3)cnn12. The Bertz CT molecular complexity index is 631. The molecule has 7 nitrogen and oxygen atoms in total. The van der Waals surface area contributed by atoms with Gasteiger partial charge in [-0.15, -0.1) is 0 Å². The van der Waals surface area contributed by atoms with E-state index in [1.807, 2.05) is 0 Å². The van der Waals surface area contributed by atoms with Crippen LogP contribution in [0.15, 0.2) is 31.1 Å². The van der Waals surface area contributed by atoms with Crippen molar-refractivity contribution in [1.82, 2.24) is 29.5 Å². The molecule has 0 aliphatic heterocycles. The number of fused-ring (bicyclic) bond motifs is 1. The molecular weight excluding hydrogens is 206 g/mol. The van der Waals surface area contributed by atoms with Crippen molar-refractivity contribution in [2.75, 3.05) is 5.73 Å². The molecule has 0 saturated carbocycles. The second-order valence-electron chi connectivity index (χ2n) is 3.12. The van der Waals surface area contributed by atoms with Crippen molar-refractivity contribution in [3.63, 3.8) is 0 Å². The fraction of sp³-hybridized carbons (Fsp3) is 0. The van der Waals surface area contributed by atoms with Crippen LogP contribution in [-0.4, -0.2) is 29.5 Å². The van der Waals surface area contributed by atoms with Crippen LogP contribution in [0.4, 0.5) is 5.95 Å². The van der Waals surface area contributed by atoms with E-state index in [9.17, 15) is 0 Å². The van der Waals surface area contributed by atoms with Crippen LogP contribution in [0.3, 0.4) is 0 Å². The summed E-state index contributed by atoms with van der Waals surface area (Å²) in [6.07, 6.45) is 7.91. The van der Waals surface area contributed by atoms with Crippen LogP contribution in [0.2, 0.25) is 0 Å². The summed E-state index contributed by atoms with van der Waals surface area (Å²) in [6.45, 7) is 0. The molecule has 0 amide bonds. The molecule has 0 fully saturated rings. The number of aromatic nitrogens is 6. The molecule has 0 aromatic carbocycles. The average Bonchev–Trinajstić information content (AvgIpc) is 2.75. The van der Waals surface area contributed by atoms with Crippen molar-refractivity contribution in [3.8, 4) is 11.3 Å². The molecule has 0 aliphatic carbocycles. The first-order valence-electron chi connectivity index (χ1n) is 4.57. The van der Waals surface area contributed by atoms with Gasteiger partial charge in [0.15, 0.2) is 5.65 Å². The Labute approximate surface area is 90.0 Å². The predicted octanol–water partition coefficient (Wildman–Crippen LogP) is 0.163. The first-order valence-corrected chi connectivity index (χ1v) is 4.57. The van der Waals surface area contributed by atoms with Gasteiger partial charge in [-0.25, -0.2) is 9.97 Å². The summed E-state index contributed by atoms with van der Waals surface area (Å²) < 4.78 is 1.46. The number of nitrogen functional groups attached to an aromatic ring is 1. The van der Waals surface area contributed by atoms with Gasteiger partial charge in [0.2, 0.25) is 5.95 Å². The molecule has 0 bridgehead atoms. The first-order chi connectivity index (χ1) is 7.86. The van der Waals surface area contributed by atoms with Crippen molar-refractivity contribution in [2.24, 2.45) is 0 Å². The zero-order valence-electron chi connectivity index (χ0n) is 8.15. The highest BCUT2D eigenvalue weighted by Gasteiger charge is 2.10. The van der Waals surface area contributed by atoms with Gasteiger partial charge in [-0.3, -0.25) is 9.97 Å². The molecule has 16 heavy (non-hydrogen) atoms. The van der Waals surface area contributed by atoms with Gasteiger partial charge in [-0.1, -0.05) is 0 Å². The molecule has 3 heterocycles. The van der Waals surface area contributed by atoms with Crippen LogP contribution in [0.25, 0.3) is 16.9 Å². The Balaban J connectivity index is 2.30. The predicted molar refractivity (Wildman–Crippen MR) is 56.2 cm³/mol. The smallest absolute Gasteiger partial charge is 0.224 e. The third-order valence-corrected chi connectivity index (χ3v) is 2.17. The van der Waals surface area contributed by atoms with E-state index in [-0.39, 0.29) is 0 Å². The second kappa shape index (κ2) is 3.23. The minimum absolute atomic E-state index is 0.292. The van der Waals surface area contributed by atoms with Gasteiger partial charge in [0.05, 0.1) is 23.7 Å². The van der Waals surface area contributed by atoms with Crippen LogP contribution in [-0.2, 0) is 0 Å². The maximum absolute atomic E-state index is 5.66. The fourth-order valence-electron chi connectivity index (χ4n) is 1.45. The topological polar surface area (TPSA) is 94.9 Å². The summed E-state index contributed by atoms with van der Waals surface area (Å²) in [7, 11) is 0. The second-order valence-corrected chi connectivity index (χ2v) is 3.12. The van der Waals surface area contributed by atoms with Gasteiger partial charge in [0, 0.05) is 12.4 Å². The van der Waals surface area contributed by atoms with E-state index in [0.29, 0.717) is 17.3 Å². The highest BCUT2D eigenvalue weighted by molar-refractivity contribution is 5.74. The highest BCUT2D eigenvalue weighted by Crippen LogP contribution is 2.20. The normalized spacial score (nSPS) is 10.8. The lowest BCUT2D eigenvalue weighted by molar-refractivity contribution is 0.909. The number of hydrogen-bond donors (Lipinski definition) is 1. The Morgan fingerprint density at radius 3 is 2.81 bits per heavy atom. The molecular formula is C9H7N7. The van der Waals surface area contributed by atoms with Crippen molar-refractivity contribution < 1.29 is 0 Å². The Kier molecular flexibility index (Phi) is 1.76. The Hall–Kier alpha value is -2.57.